The number of methoxy groups -OCH3 is 1. The first-order valence-corrected chi connectivity index (χ1v) is 6.81. The lowest BCUT2D eigenvalue weighted by Crippen LogP contribution is -2.42. The van der Waals surface area contributed by atoms with Gasteiger partial charge in [0.05, 0.1) is 7.11 Å². The van der Waals surface area contributed by atoms with Gasteiger partial charge in [-0.3, -0.25) is 0 Å². The molecule has 0 amide bonds. The van der Waals surface area contributed by atoms with Crippen LogP contribution in [0, 0.1) is 5.82 Å². The van der Waals surface area contributed by atoms with Gasteiger partial charge in [-0.25, -0.2) is 4.39 Å². The van der Waals surface area contributed by atoms with Crippen molar-refractivity contribution >= 4 is 0 Å². The highest BCUT2D eigenvalue weighted by atomic mass is 19.1. The molecular formula is C15H22FNO. The predicted molar refractivity (Wildman–Crippen MR) is 71.4 cm³/mol. The van der Waals surface area contributed by atoms with Gasteiger partial charge in [-0.1, -0.05) is 31.9 Å². The lowest BCUT2D eigenvalue weighted by Gasteiger charge is -2.34. The number of ether oxygens (including phenoxy) is 1. The van der Waals surface area contributed by atoms with Crippen LogP contribution in [0.1, 0.15) is 44.6 Å². The first-order chi connectivity index (χ1) is 8.73. The summed E-state index contributed by atoms with van der Waals surface area (Å²) < 4.78 is 19.6. The Hall–Kier alpha value is -1.09. The molecule has 1 aromatic rings. The van der Waals surface area contributed by atoms with Gasteiger partial charge in [-0.2, -0.15) is 0 Å². The number of hydrogen-bond acceptors (Lipinski definition) is 2. The molecule has 0 aliphatic carbocycles. The van der Waals surface area contributed by atoms with E-state index in [9.17, 15) is 4.39 Å². The van der Waals surface area contributed by atoms with Crippen molar-refractivity contribution < 1.29 is 9.13 Å². The number of nitrogens with one attached hydrogen (secondary N) is 1. The van der Waals surface area contributed by atoms with Gasteiger partial charge in [0.25, 0.3) is 0 Å². The Labute approximate surface area is 109 Å². The third kappa shape index (κ3) is 2.37. The Morgan fingerprint density at radius 3 is 2.89 bits per heavy atom. The maximum Gasteiger partial charge on any atom is 0.170 e. The van der Waals surface area contributed by atoms with Crippen molar-refractivity contribution in [1.82, 2.24) is 5.32 Å². The highest BCUT2D eigenvalue weighted by Gasteiger charge is 2.33. The summed E-state index contributed by atoms with van der Waals surface area (Å²) in [7, 11) is 1.52. The SMILES string of the molecule is CCC1(c2cccc(OC)c2F)CCCCCN1. The predicted octanol–water partition coefficient (Wildman–Crippen LogP) is 3.60. The van der Waals surface area contributed by atoms with Crippen LogP contribution in [0.4, 0.5) is 4.39 Å². The van der Waals surface area contributed by atoms with E-state index in [4.69, 9.17) is 4.74 Å². The largest absolute Gasteiger partial charge is 0.494 e. The molecule has 2 nitrogen and oxygen atoms in total. The number of benzene rings is 1. The van der Waals surface area contributed by atoms with E-state index in [1.807, 2.05) is 12.1 Å². The maximum atomic E-state index is 14.5. The summed E-state index contributed by atoms with van der Waals surface area (Å²) in [6.07, 6.45) is 5.44. The molecular weight excluding hydrogens is 229 g/mol. The van der Waals surface area contributed by atoms with E-state index in [0.29, 0.717) is 5.75 Å². The third-order valence-corrected chi connectivity index (χ3v) is 4.05. The Kier molecular flexibility index (Phi) is 4.23. The Balaban J connectivity index is 2.42. The van der Waals surface area contributed by atoms with Crippen LogP contribution in [0.15, 0.2) is 18.2 Å². The minimum Gasteiger partial charge on any atom is -0.494 e. The normalized spacial score (nSPS) is 24.6. The Morgan fingerprint density at radius 2 is 2.17 bits per heavy atom. The van der Waals surface area contributed by atoms with Crippen molar-refractivity contribution in [3.63, 3.8) is 0 Å². The van der Waals surface area contributed by atoms with Crippen LogP contribution in [0.5, 0.6) is 5.75 Å². The maximum absolute atomic E-state index is 14.5. The molecule has 18 heavy (non-hydrogen) atoms. The van der Waals surface area contributed by atoms with E-state index in [0.717, 1.165) is 31.4 Å². The highest BCUT2D eigenvalue weighted by molar-refractivity contribution is 5.36. The lowest BCUT2D eigenvalue weighted by atomic mass is 9.83. The van der Waals surface area contributed by atoms with E-state index >= 15 is 0 Å². The number of rotatable bonds is 3. The zero-order chi connectivity index (χ0) is 13.0. The van der Waals surface area contributed by atoms with Gasteiger partial charge in [0.2, 0.25) is 0 Å². The standard InChI is InChI=1S/C15H22FNO/c1-3-15(10-5-4-6-11-17-15)12-8-7-9-13(18-2)14(12)16/h7-9,17H,3-6,10-11H2,1-2H3. The second-order valence-electron chi connectivity index (χ2n) is 4.99. The van der Waals surface area contributed by atoms with E-state index in [1.165, 1.54) is 20.0 Å². The summed E-state index contributed by atoms with van der Waals surface area (Å²) >= 11 is 0. The molecule has 1 unspecified atom stereocenters. The average molecular weight is 251 g/mol. The fourth-order valence-electron chi connectivity index (χ4n) is 2.90. The van der Waals surface area contributed by atoms with E-state index < -0.39 is 0 Å². The smallest absolute Gasteiger partial charge is 0.170 e. The fourth-order valence-corrected chi connectivity index (χ4v) is 2.90. The van der Waals surface area contributed by atoms with Crippen LogP contribution in [0.2, 0.25) is 0 Å². The molecule has 1 aromatic carbocycles. The molecule has 1 aliphatic rings. The molecule has 1 aliphatic heterocycles. The quantitative estimate of drug-likeness (QED) is 0.886. The molecule has 100 valence electrons. The zero-order valence-corrected chi connectivity index (χ0v) is 11.3. The summed E-state index contributed by atoms with van der Waals surface area (Å²) in [5.41, 5.74) is 0.529. The molecule has 3 heteroatoms. The molecule has 1 heterocycles. The second kappa shape index (κ2) is 5.70. The molecule has 2 rings (SSSR count). The van der Waals surface area contributed by atoms with E-state index in [-0.39, 0.29) is 11.4 Å². The molecule has 0 radical (unpaired) electrons. The van der Waals surface area contributed by atoms with Crippen LogP contribution in [-0.4, -0.2) is 13.7 Å². The molecule has 1 N–H and O–H groups in total. The van der Waals surface area contributed by atoms with Gasteiger partial charge in [0.1, 0.15) is 0 Å². The van der Waals surface area contributed by atoms with Gasteiger partial charge < -0.3 is 10.1 Å². The highest BCUT2D eigenvalue weighted by Crippen LogP contribution is 2.36. The van der Waals surface area contributed by atoms with Gasteiger partial charge in [0, 0.05) is 11.1 Å². The average Bonchev–Trinajstić information content (AvgIpc) is 2.65. The molecule has 1 atom stereocenters. The van der Waals surface area contributed by atoms with Crippen LogP contribution in [0.25, 0.3) is 0 Å². The van der Waals surface area contributed by atoms with Crippen molar-refractivity contribution in [2.24, 2.45) is 0 Å². The Morgan fingerprint density at radius 1 is 1.33 bits per heavy atom. The lowest BCUT2D eigenvalue weighted by molar-refractivity contribution is 0.294. The number of hydrogen-bond donors (Lipinski definition) is 1. The minimum atomic E-state index is -0.227. The number of halogens is 1. The molecule has 0 bridgehead atoms. The van der Waals surface area contributed by atoms with Crippen LogP contribution in [0.3, 0.4) is 0 Å². The van der Waals surface area contributed by atoms with Crippen molar-refractivity contribution in [3.05, 3.63) is 29.6 Å². The van der Waals surface area contributed by atoms with Crippen LogP contribution < -0.4 is 10.1 Å². The van der Waals surface area contributed by atoms with Gasteiger partial charge in [0.15, 0.2) is 11.6 Å². The molecule has 1 fully saturated rings. The molecule has 0 aromatic heterocycles. The van der Waals surface area contributed by atoms with Crippen molar-refractivity contribution in [3.8, 4) is 5.75 Å². The van der Waals surface area contributed by atoms with Crippen molar-refractivity contribution in [1.29, 1.82) is 0 Å². The van der Waals surface area contributed by atoms with E-state index in [2.05, 4.69) is 12.2 Å². The molecule has 0 spiro atoms. The zero-order valence-electron chi connectivity index (χ0n) is 11.3. The first kappa shape index (κ1) is 13.3. The van der Waals surface area contributed by atoms with Gasteiger partial charge in [-0.05, 0) is 31.9 Å². The minimum absolute atomic E-state index is 0.212. The summed E-state index contributed by atoms with van der Waals surface area (Å²) in [6.45, 7) is 3.09. The molecule has 1 saturated heterocycles. The summed E-state index contributed by atoms with van der Waals surface area (Å²) in [5.74, 6) is 0.127. The van der Waals surface area contributed by atoms with E-state index in [1.54, 1.807) is 6.07 Å². The van der Waals surface area contributed by atoms with Gasteiger partial charge in [-0.15, -0.1) is 0 Å². The Bertz CT molecular complexity index is 397. The third-order valence-electron chi connectivity index (χ3n) is 4.05. The second-order valence-corrected chi connectivity index (χ2v) is 4.99. The van der Waals surface area contributed by atoms with Crippen LogP contribution >= 0.6 is 0 Å². The van der Waals surface area contributed by atoms with Crippen molar-refractivity contribution in [2.75, 3.05) is 13.7 Å². The van der Waals surface area contributed by atoms with Gasteiger partial charge >= 0.3 is 0 Å². The fraction of sp³-hybridized carbons (Fsp3) is 0.600. The summed E-state index contributed by atoms with van der Waals surface area (Å²) in [5, 5.41) is 3.56. The first-order valence-electron chi connectivity index (χ1n) is 6.81. The van der Waals surface area contributed by atoms with Crippen LogP contribution in [-0.2, 0) is 5.54 Å². The monoisotopic (exact) mass is 251 g/mol. The van der Waals surface area contributed by atoms with Crippen molar-refractivity contribution in [2.45, 2.75) is 44.6 Å². The molecule has 0 saturated carbocycles. The summed E-state index contributed by atoms with van der Waals surface area (Å²) in [4.78, 5) is 0. The topological polar surface area (TPSA) is 21.3 Å². The summed E-state index contributed by atoms with van der Waals surface area (Å²) in [6, 6.07) is 5.44.